The molecule has 0 aliphatic rings. The maximum absolute atomic E-state index is 12.9. The van der Waals surface area contributed by atoms with Crippen LogP contribution in [0.2, 0.25) is 0 Å². The van der Waals surface area contributed by atoms with Gasteiger partial charge in [0.25, 0.3) is 0 Å². The van der Waals surface area contributed by atoms with Crippen molar-refractivity contribution in [1.82, 2.24) is 0 Å². The zero-order valence-electron chi connectivity index (χ0n) is 12.2. The van der Waals surface area contributed by atoms with Gasteiger partial charge in [-0.05, 0) is 24.1 Å². The molecule has 0 spiro atoms. The van der Waals surface area contributed by atoms with E-state index in [1.54, 1.807) is 6.92 Å². The minimum Gasteiger partial charge on any atom is -0.468 e. The molecule has 0 fully saturated rings. The second-order valence-corrected chi connectivity index (χ2v) is 4.99. The average molecular weight is 324 g/mol. The van der Waals surface area contributed by atoms with Gasteiger partial charge in [-0.3, -0.25) is 4.79 Å². The number of carbonyl (C=O) groups is 1. The molecule has 0 radical (unpaired) electrons. The van der Waals surface area contributed by atoms with Crippen molar-refractivity contribution in [2.75, 3.05) is 7.11 Å². The third-order valence-electron chi connectivity index (χ3n) is 3.52. The molecule has 1 aromatic carbocycles. The van der Waals surface area contributed by atoms with Crippen molar-refractivity contribution in [3.63, 3.8) is 0 Å². The number of rotatable bonds is 6. The minimum absolute atomic E-state index is 0.0649. The van der Waals surface area contributed by atoms with E-state index in [0.29, 0.717) is 6.42 Å². The zero-order valence-corrected chi connectivity index (χ0v) is 12.2. The number of halogens is 5. The lowest BCUT2D eigenvalue weighted by molar-refractivity contribution is -0.150. The molecule has 1 unspecified atom stereocenters. The molecular formula is C15H17F5O2. The quantitative estimate of drug-likeness (QED) is 0.566. The van der Waals surface area contributed by atoms with Crippen LogP contribution in [0.1, 0.15) is 37.3 Å². The SMILES string of the molecule is CCCC(CC(F)F)(C(=O)OC)c1ccc(C(F)(F)F)cc1. The first kappa shape index (κ1) is 18.4. The fraction of sp³-hybridized carbons (Fsp3) is 0.533. The molecule has 0 aromatic heterocycles. The number of hydrogen-bond donors (Lipinski definition) is 0. The summed E-state index contributed by atoms with van der Waals surface area (Å²) in [6, 6.07) is 3.71. The van der Waals surface area contributed by atoms with E-state index in [1.807, 2.05) is 0 Å². The van der Waals surface area contributed by atoms with Crippen molar-refractivity contribution in [2.45, 2.75) is 44.2 Å². The lowest BCUT2D eigenvalue weighted by atomic mass is 9.74. The highest BCUT2D eigenvalue weighted by Gasteiger charge is 2.43. The molecule has 7 heteroatoms. The van der Waals surface area contributed by atoms with E-state index >= 15 is 0 Å². The van der Waals surface area contributed by atoms with Crippen LogP contribution in [0, 0.1) is 0 Å². The first-order valence-corrected chi connectivity index (χ1v) is 6.71. The lowest BCUT2D eigenvalue weighted by Gasteiger charge is -2.31. The van der Waals surface area contributed by atoms with E-state index in [9.17, 15) is 26.7 Å². The largest absolute Gasteiger partial charge is 0.468 e. The van der Waals surface area contributed by atoms with Crippen molar-refractivity contribution >= 4 is 5.97 Å². The van der Waals surface area contributed by atoms with E-state index in [-0.39, 0.29) is 12.0 Å². The molecule has 0 amide bonds. The normalized spacial score (nSPS) is 14.7. The van der Waals surface area contributed by atoms with E-state index in [2.05, 4.69) is 4.74 Å². The van der Waals surface area contributed by atoms with Crippen LogP contribution >= 0.6 is 0 Å². The van der Waals surface area contributed by atoms with E-state index in [4.69, 9.17) is 0 Å². The van der Waals surface area contributed by atoms with Crippen LogP contribution in [0.15, 0.2) is 24.3 Å². The van der Waals surface area contributed by atoms with Gasteiger partial charge in [0.05, 0.1) is 18.1 Å². The summed E-state index contributed by atoms with van der Waals surface area (Å²) in [5.74, 6) is -0.866. The fourth-order valence-corrected chi connectivity index (χ4v) is 2.53. The first-order valence-electron chi connectivity index (χ1n) is 6.71. The summed E-state index contributed by atoms with van der Waals surface area (Å²) in [5.41, 5.74) is -2.43. The number of esters is 1. The number of carbonyl (C=O) groups excluding carboxylic acids is 1. The molecule has 22 heavy (non-hydrogen) atoms. The monoisotopic (exact) mass is 324 g/mol. The van der Waals surface area contributed by atoms with Gasteiger partial charge in [0.1, 0.15) is 0 Å². The third-order valence-corrected chi connectivity index (χ3v) is 3.52. The van der Waals surface area contributed by atoms with E-state index in [0.717, 1.165) is 31.4 Å². The van der Waals surface area contributed by atoms with Gasteiger partial charge < -0.3 is 4.74 Å². The second kappa shape index (κ2) is 7.07. The molecule has 0 N–H and O–H groups in total. The molecule has 1 atom stereocenters. The molecule has 0 aliphatic carbocycles. The van der Waals surface area contributed by atoms with Gasteiger partial charge in [-0.15, -0.1) is 0 Å². The van der Waals surface area contributed by atoms with Gasteiger partial charge >= 0.3 is 12.1 Å². The van der Waals surface area contributed by atoms with Crippen LogP contribution in [-0.2, 0) is 21.1 Å². The molecule has 124 valence electrons. The molecule has 0 saturated carbocycles. The number of ether oxygens (including phenoxy) is 1. The van der Waals surface area contributed by atoms with Crippen molar-refractivity contribution in [2.24, 2.45) is 0 Å². The first-order chi connectivity index (χ1) is 10.2. The van der Waals surface area contributed by atoms with E-state index in [1.165, 1.54) is 0 Å². The van der Waals surface area contributed by atoms with Gasteiger partial charge in [0, 0.05) is 6.42 Å². The summed E-state index contributed by atoms with van der Waals surface area (Å²) in [4.78, 5) is 12.1. The van der Waals surface area contributed by atoms with Gasteiger partial charge in [0.15, 0.2) is 0 Å². The van der Waals surface area contributed by atoms with Crippen LogP contribution in [0.3, 0.4) is 0 Å². The summed E-state index contributed by atoms with van der Waals surface area (Å²) >= 11 is 0. The van der Waals surface area contributed by atoms with Crippen LogP contribution in [-0.4, -0.2) is 19.5 Å². The molecule has 0 bridgehead atoms. The van der Waals surface area contributed by atoms with Gasteiger partial charge in [-0.2, -0.15) is 13.2 Å². The number of benzene rings is 1. The van der Waals surface area contributed by atoms with Crippen molar-refractivity contribution in [3.05, 3.63) is 35.4 Å². The lowest BCUT2D eigenvalue weighted by Crippen LogP contribution is -2.39. The topological polar surface area (TPSA) is 26.3 Å². The standard InChI is InChI=1S/C15H17F5O2/c1-3-8-14(9-12(16)17,13(21)22-2)10-4-6-11(7-5-10)15(18,19)20/h4-7,12H,3,8-9H2,1-2H3. The van der Waals surface area contributed by atoms with Crippen molar-refractivity contribution < 1.29 is 31.5 Å². The Hall–Kier alpha value is -1.66. The minimum atomic E-state index is -4.53. The van der Waals surface area contributed by atoms with Crippen molar-refractivity contribution in [3.8, 4) is 0 Å². The Morgan fingerprint density at radius 2 is 1.64 bits per heavy atom. The Labute approximate surface area is 125 Å². The Morgan fingerprint density at radius 1 is 1.14 bits per heavy atom. The van der Waals surface area contributed by atoms with Crippen LogP contribution in [0.25, 0.3) is 0 Å². The summed E-state index contributed by atoms with van der Waals surface area (Å²) in [7, 11) is 1.07. The molecule has 0 aliphatic heterocycles. The number of methoxy groups -OCH3 is 1. The second-order valence-electron chi connectivity index (χ2n) is 4.99. The van der Waals surface area contributed by atoms with Crippen molar-refractivity contribution in [1.29, 1.82) is 0 Å². The van der Waals surface area contributed by atoms with Gasteiger partial charge in [-0.25, -0.2) is 8.78 Å². The molecule has 0 heterocycles. The zero-order chi connectivity index (χ0) is 17.0. The average Bonchev–Trinajstić information content (AvgIpc) is 2.44. The molecular weight excluding hydrogens is 307 g/mol. The third kappa shape index (κ3) is 3.96. The van der Waals surface area contributed by atoms with E-state index < -0.39 is 36.0 Å². The number of hydrogen-bond acceptors (Lipinski definition) is 2. The highest BCUT2D eigenvalue weighted by atomic mass is 19.4. The fourth-order valence-electron chi connectivity index (χ4n) is 2.53. The molecule has 2 nitrogen and oxygen atoms in total. The van der Waals surface area contributed by atoms with Gasteiger partial charge in [0.2, 0.25) is 6.43 Å². The summed E-state index contributed by atoms with van der Waals surface area (Å²) < 4.78 is 68.2. The molecule has 0 saturated heterocycles. The maximum atomic E-state index is 12.9. The predicted molar refractivity (Wildman–Crippen MR) is 70.7 cm³/mol. The summed E-state index contributed by atoms with van der Waals surface area (Å²) in [6.45, 7) is 1.70. The summed E-state index contributed by atoms with van der Waals surface area (Å²) in [6.07, 6.45) is -7.63. The highest BCUT2D eigenvalue weighted by Crippen LogP contribution is 2.38. The van der Waals surface area contributed by atoms with Gasteiger partial charge in [-0.1, -0.05) is 25.5 Å². The Bertz CT molecular complexity index is 496. The van der Waals surface area contributed by atoms with Crippen LogP contribution in [0.5, 0.6) is 0 Å². The maximum Gasteiger partial charge on any atom is 0.416 e. The highest BCUT2D eigenvalue weighted by molar-refractivity contribution is 5.83. The van der Waals surface area contributed by atoms with Crippen LogP contribution < -0.4 is 0 Å². The summed E-state index contributed by atoms with van der Waals surface area (Å²) in [5, 5.41) is 0. The smallest absolute Gasteiger partial charge is 0.416 e. The number of alkyl halides is 5. The molecule has 1 rings (SSSR count). The predicted octanol–water partition coefficient (Wildman–Crippen LogP) is 4.57. The molecule has 1 aromatic rings. The Kier molecular flexibility index (Phi) is 5.91. The Balaban J connectivity index is 3.33. The Morgan fingerprint density at radius 3 is 2.00 bits per heavy atom. The van der Waals surface area contributed by atoms with Crippen LogP contribution in [0.4, 0.5) is 22.0 Å².